The zero-order valence-corrected chi connectivity index (χ0v) is 16.8. The summed E-state index contributed by atoms with van der Waals surface area (Å²) in [7, 11) is 0. The fourth-order valence-corrected chi connectivity index (χ4v) is 4.70. The van der Waals surface area contributed by atoms with Crippen LogP contribution in [0.25, 0.3) is 0 Å². The lowest BCUT2D eigenvalue weighted by molar-refractivity contribution is 0.0997. The number of anilines is 2. The van der Waals surface area contributed by atoms with Crippen molar-refractivity contribution in [2.24, 2.45) is 0 Å². The van der Waals surface area contributed by atoms with Crippen molar-refractivity contribution in [3.8, 4) is 0 Å². The van der Waals surface area contributed by atoms with Crippen LogP contribution in [0.3, 0.4) is 0 Å². The lowest BCUT2D eigenvalue weighted by Crippen LogP contribution is -2.16. The number of nitrogens with zero attached hydrogens (tertiary/aromatic N) is 1. The fraction of sp³-hybridized carbons (Fsp3) is 0.143. The Morgan fingerprint density at radius 1 is 1.21 bits per heavy atom. The molecule has 5 nitrogen and oxygen atoms in total. The van der Waals surface area contributed by atoms with E-state index in [0.29, 0.717) is 5.76 Å². The smallest absolute Gasteiger partial charge is 0.291 e. The van der Waals surface area contributed by atoms with E-state index in [9.17, 15) is 4.79 Å². The zero-order valence-electron chi connectivity index (χ0n) is 15.2. The molecule has 1 atom stereocenters. The molecule has 1 amide bonds. The van der Waals surface area contributed by atoms with E-state index in [1.807, 2.05) is 24.3 Å². The monoisotopic (exact) mass is 409 g/mol. The number of pyridine rings is 1. The SMILES string of the molecule is CCc1cc([C@H](Nc2ccccn2)c2cccs2)c(NC(=O)c2ccco2)s1. The largest absolute Gasteiger partial charge is 0.459 e. The van der Waals surface area contributed by atoms with E-state index in [1.54, 1.807) is 41.0 Å². The van der Waals surface area contributed by atoms with Gasteiger partial charge in [0.05, 0.1) is 12.3 Å². The van der Waals surface area contributed by atoms with Gasteiger partial charge in [-0.05, 0) is 48.2 Å². The Kier molecular flexibility index (Phi) is 5.55. The second-order valence-electron chi connectivity index (χ2n) is 6.09. The number of carbonyl (C=O) groups is 1. The quantitative estimate of drug-likeness (QED) is 0.404. The van der Waals surface area contributed by atoms with Gasteiger partial charge in [0.25, 0.3) is 5.91 Å². The first kappa shape index (κ1) is 18.5. The minimum Gasteiger partial charge on any atom is -0.459 e. The first-order chi connectivity index (χ1) is 13.7. The molecule has 7 heteroatoms. The van der Waals surface area contributed by atoms with Crippen LogP contribution < -0.4 is 10.6 Å². The molecule has 4 heterocycles. The van der Waals surface area contributed by atoms with Gasteiger partial charge in [-0.1, -0.05) is 19.1 Å². The minimum atomic E-state index is -0.251. The van der Waals surface area contributed by atoms with Gasteiger partial charge >= 0.3 is 0 Å². The minimum absolute atomic E-state index is 0.113. The molecule has 0 aliphatic heterocycles. The van der Waals surface area contributed by atoms with Crippen LogP contribution in [0.1, 0.15) is 38.8 Å². The van der Waals surface area contributed by atoms with Gasteiger partial charge < -0.3 is 15.1 Å². The number of nitrogens with one attached hydrogen (secondary N) is 2. The molecule has 2 N–H and O–H groups in total. The van der Waals surface area contributed by atoms with Crippen molar-refractivity contribution in [1.82, 2.24) is 4.98 Å². The van der Waals surface area contributed by atoms with Gasteiger partial charge in [0.2, 0.25) is 0 Å². The van der Waals surface area contributed by atoms with E-state index in [0.717, 1.165) is 27.7 Å². The van der Waals surface area contributed by atoms with Gasteiger partial charge in [-0.3, -0.25) is 4.79 Å². The molecule has 0 saturated carbocycles. The Bertz CT molecular complexity index is 1030. The highest BCUT2D eigenvalue weighted by Gasteiger charge is 2.23. The highest BCUT2D eigenvalue weighted by molar-refractivity contribution is 7.16. The van der Waals surface area contributed by atoms with Crippen LogP contribution in [0.4, 0.5) is 10.8 Å². The first-order valence-electron chi connectivity index (χ1n) is 8.93. The number of rotatable bonds is 7. The van der Waals surface area contributed by atoms with Crippen molar-refractivity contribution in [3.63, 3.8) is 0 Å². The van der Waals surface area contributed by atoms with Gasteiger partial charge in [-0.2, -0.15) is 0 Å². The summed E-state index contributed by atoms with van der Waals surface area (Å²) in [5.41, 5.74) is 1.02. The number of hydrogen-bond acceptors (Lipinski definition) is 6. The summed E-state index contributed by atoms with van der Waals surface area (Å²) in [5.74, 6) is 0.828. The third-order valence-corrected chi connectivity index (χ3v) is 6.38. The van der Waals surface area contributed by atoms with Gasteiger partial charge in [0.1, 0.15) is 10.8 Å². The third-order valence-electron chi connectivity index (χ3n) is 4.23. The van der Waals surface area contributed by atoms with Crippen molar-refractivity contribution in [2.75, 3.05) is 10.6 Å². The highest BCUT2D eigenvalue weighted by atomic mass is 32.1. The van der Waals surface area contributed by atoms with Crippen molar-refractivity contribution in [1.29, 1.82) is 0 Å². The van der Waals surface area contributed by atoms with Gasteiger partial charge in [-0.15, -0.1) is 22.7 Å². The van der Waals surface area contributed by atoms with Crippen LogP contribution in [0.2, 0.25) is 0 Å². The molecule has 0 aliphatic carbocycles. The van der Waals surface area contributed by atoms with Crippen LogP contribution >= 0.6 is 22.7 Å². The average molecular weight is 410 g/mol. The predicted octanol–water partition coefficient (Wildman–Crippen LogP) is 5.81. The lowest BCUT2D eigenvalue weighted by atomic mass is 10.1. The molecule has 4 aromatic rings. The standard InChI is InChI=1S/C21H19N3O2S2/c1-2-14-13-15(21(28-14)24-20(25)16-7-5-11-26-16)19(17-8-6-12-27-17)23-18-9-3-4-10-22-18/h3-13,19H,2H2,1H3,(H,22,23)(H,24,25)/t19-/m0/s1. The number of aryl methyl sites for hydroxylation is 1. The lowest BCUT2D eigenvalue weighted by Gasteiger charge is -2.19. The van der Waals surface area contributed by atoms with E-state index in [4.69, 9.17) is 4.42 Å². The van der Waals surface area contributed by atoms with Crippen LogP contribution in [0, 0.1) is 0 Å². The van der Waals surface area contributed by atoms with Crippen LogP contribution in [-0.2, 0) is 6.42 Å². The van der Waals surface area contributed by atoms with Crippen LogP contribution in [-0.4, -0.2) is 10.9 Å². The molecule has 0 radical (unpaired) electrons. The Balaban J connectivity index is 1.71. The van der Waals surface area contributed by atoms with Gasteiger partial charge in [0, 0.05) is 21.5 Å². The maximum atomic E-state index is 12.6. The molecule has 0 saturated heterocycles. The van der Waals surface area contributed by atoms with Crippen molar-refractivity contribution in [2.45, 2.75) is 19.4 Å². The molecular weight excluding hydrogens is 390 g/mol. The third kappa shape index (κ3) is 4.00. The Labute approximate surface area is 171 Å². The molecule has 0 spiro atoms. The summed E-state index contributed by atoms with van der Waals surface area (Å²) in [6.45, 7) is 2.11. The summed E-state index contributed by atoms with van der Waals surface area (Å²) in [6.07, 6.45) is 4.16. The number of furan rings is 1. The molecule has 28 heavy (non-hydrogen) atoms. The van der Waals surface area contributed by atoms with E-state index in [1.165, 1.54) is 11.1 Å². The highest BCUT2D eigenvalue weighted by Crippen LogP contribution is 2.39. The normalized spacial score (nSPS) is 11.9. The van der Waals surface area contributed by atoms with Crippen LogP contribution in [0.15, 0.2) is 70.8 Å². The van der Waals surface area contributed by atoms with Crippen molar-refractivity contribution >= 4 is 39.4 Å². The Morgan fingerprint density at radius 3 is 2.82 bits per heavy atom. The molecule has 0 aromatic carbocycles. The molecule has 142 valence electrons. The zero-order chi connectivity index (χ0) is 19.3. The van der Waals surface area contributed by atoms with Crippen LogP contribution in [0.5, 0.6) is 0 Å². The molecule has 0 aliphatic rings. The summed E-state index contributed by atoms with van der Waals surface area (Å²) in [6, 6.07) is 15.3. The molecule has 4 rings (SSSR count). The number of carbonyl (C=O) groups excluding carboxylic acids is 1. The van der Waals surface area contributed by atoms with E-state index >= 15 is 0 Å². The molecule has 4 aromatic heterocycles. The average Bonchev–Trinajstić information content (AvgIpc) is 3.48. The van der Waals surface area contributed by atoms with Crippen molar-refractivity contribution < 1.29 is 9.21 Å². The molecular formula is C21H19N3O2S2. The summed E-state index contributed by atoms with van der Waals surface area (Å²) >= 11 is 3.26. The maximum Gasteiger partial charge on any atom is 0.291 e. The number of hydrogen-bond donors (Lipinski definition) is 2. The summed E-state index contributed by atoms with van der Waals surface area (Å²) in [4.78, 5) is 19.3. The Hall–Kier alpha value is -2.90. The number of thiophene rings is 2. The Morgan fingerprint density at radius 2 is 2.14 bits per heavy atom. The molecule has 0 bridgehead atoms. The number of amides is 1. The molecule has 0 unspecified atom stereocenters. The molecule has 0 fully saturated rings. The predicted molar refractivity (Wildman–Crippen MR) is 114 cm³/mol. The van der Waals surface area contributed by atoms with E-state index in [-0.39, 0.29) is 11.9 Å². The first-order valence-corrected chi connectivity index (χ1v) is 10.6. The second-order valence-corrected chi connectivity index (χ2v) is 8.21. The van der Waals surface area contributed by atoms with E-state index < -0.39 is 0 Å². The maximum absolute atomic E-state index is 12.6. The summed E-state index contributed by atoms with van der Waals surface area (Å²) < 4.78 is 5.24. The van der Waals surface area contributed by atoms with E-state index in [2.05, 4.69) is 40.1 Å². The number of aromatic nitrogens is 1. The van der Waals surface area contributed by atoms with Gasteiger partial charge in [0.15, 0.2) is 5.76 Å². The topological polar surface area (TPSA) is 67.2 Å². The summed E-state index contributed by atoms with van der Waals surface area (Å²) in [5, 5.41) is 9.41. The second kappa shape index (κ2) is 8.41. The van der Waals surface area contributed by atoms with Crippen molar-refractivity contribution in [3.05, 3.63) is 87.4 Å². The van der Waals surface area contributed by atoms with Gasteiger partial charge in [-0.25, -0.2) is 4.98 Å². The fourth-order valence-electron chi connectivity index (χ4n) is 2.87.